The predicted octanol–water partition coefficient (Wildman–Crippen LogP) is 0.397. The van der Waals surface area contributed by atoms with Crippen LogP contribution in [0.1, 0.15) is 39.5 Å². The molecule has 2 saturated heterocycles. The number of ether oxygens (including phenoxy) is 1. The van der Waals surface area contributed by atoms with E-state index in [0.29, 0.717) is 19.3 Å². The highest BCUT2D eigenvalue weighted by Gasteiger charge is 2.73. The maximum atomic E-state index is 13.3. The quantitative estimate of drug-likeness (QED) is 0.614. The molecule has 0 radical (unpaired) electrons. The molecule has 2 aliphatic heterocycles. The number of fused-ring (bicyclic) bond motifs is 2. The highest BCUT2D eigenvalue weighted by Crippen LogP contribution is 2.67. The maximum Gasteiger partial charge on any atom is 0.313 e. The van der Waals surface area contributed by atoms with Crippen LogP contribution in [-0.2, 0) is 14.3 Å². The van der Waals surface area contributed by atoms with Crippen LogP contribution in [0.15, 0.2) is 11.1 Å². The minimum Gasteiger partial charge on any atom is -0.458 e. The van der Waals surface area contributed by atoms with Gasteiger partial charge in [0.15, 0.2) is 5.78 Å². The molecule has 4 N–H and O–H groups in total. The number of Topliss-reactive ketones (excluding diaryl/α,β-unsaturated/α-hetero) is 1. The SMILES string of the molecule is C[C@@H]1[C@@H](O)[C@@H]2OC(=O)[C@]13CC[C@@H]1C[C@H](O)C[C@H](C)C4=C1[C@@H]3[C@@H]2C4=O.O. The lowest BCUT2D eigenvalue weighted by atomic mass is 9.47. The Morgan fingerprint density at radius 1 is 1.16 bits per heavy atom. The first-order valence-electron chi connectivity index (χ1n) is 9.23. The third-order valence-electron chi connectivity index (χ3n) is 7.79. The molecule has 1 spiro atoms. The van der Waals surface area contributed by atoms with Crippen molar-refractivity contribution in [1.29, 1.82) is 0 Å². The Balaban J connectivity index is 0.00000157. The summed E-state index contributed by atoms with van der Waals surface area (Å²) in [7, 11) is 0. The summed E-state index contributed by atoms with van der Waals surface area (Å²) in [4.78, 5) is 26.1. The molecule has 2 saturated carbocycles. The predicted molar refractivity (Wildman–Crippen MR) is 87.2 cm³/mol. The molecule has 6 nitrogen and oxygen atoms in total. The number of esters is 1. The minimum atomic E-state index is -0.756. The molecule has 2 bridgehead atoms. The monoisotopic (exact) mass is 350 g/mol. The molecule has 4 aliphatic carbocycles. The number of aliphatic hydroxyl groups excluding tert-OH is 2. The Labute approximate surface area is 146 Å². The van der Waals surface area contributed by atoms with Gasteiger partial charge in [-0.2, -0.15) is 0 Å². The topological polar surface area (TPSA) is 115 Å². The Morgan fingerprint density at radius 2 is 1.88 bits per heavy atom. The largest absolute Gasteiger partial charge is 0.458 e. The van der Waals surface area contributed by atoms with E-state index in [1.54, 1.807) is 0 Å². The number of rotatable bonds is 0. The van der Waals surface area contributed by atoms with Gasteiger partial charge in [0, 0.05) is 11.8 Å². The summed E-state index contributed by atoms with van der Waals surface area (Å²) in [5.41, 5.74) is 1.23. The van der Waals surface area contributed by atoms with Crippen LogP contribution in [0, 0.1) is 35.0 Å². The lowest BCUT2D eigenvalue weighted by Crippen LogP contribution is -2.69. The first-order chi connectivity index (χ1) is 11.4. The van der Waals surface area contributed by atoms with Crippen molar-refractivity contribution in [3.8, 4) is 0 Å². The second kappa shape index (κ2) is 5.15. The molecule has 25 heavy (non-hydrogen) atoms. The van der Waals surface area contributed by atoms with Crippen molar-refractivity contribution in [2.24, 2.45) is 35.0 Å². The Bertz CT molecular complexity index is 683. The molecule has 0 amide bonds. The summed E-state index contributed by atoms with van der Waals surface area (Å²) in [6.07, 6.45) is 0.886. The van der Waals surface area contributed by atoms with Crippen molar-refractivity contribution in [3.63, 3.8) is 0 Å². The van der Waals surface area contributed by atoms with Crippen LogP contribution in [0.25, 0.3) is 0 Å². The van der Waals surface area contributed by atoms with Gasteiger partial charge >= 0.3 is 5.97 Å². The van der Waals surface area contributed by atoms with Crippen LogP contribution in [0.3, 0.4) is 0 Å². The van der Waals surface area contributed by atoms with E-state index in [1.165, 1.54) is 0 Å². The summed E-state index contributed by atoms with van der Waals surface area (Å²) in [5.74, 6) is -0.652. The molecule has 6 heteroatoms. The van der Waals surface area contributed by atoms with Gasteiger partial charge in [-0.25, -0.2) is 0 Å². The number of aliphatic hydroxyl groups is 2. The van der Waals surface area contributed by atoms with Gasteiger partial charge in [-0.15, -0.1) is 0 Å². The molecule has 2 heterocycles. The van der Waals surface area contributed by atoms with Gasteiger partial charge in [0.1, 0.15) is 6.10 Å². The lowest BCUT2D eigenvalue weighted by Gasteiger charge is -2.60. The zero-order valence-electron chi connectivity index (χ0n) is 14.6. The molecular formula is C19H26O6. The highest BCUT2D eigenvalue weighted by molar-refractivity contribution is 6.04. The second-order valence-corrected chi connectivity index (χ2v) is 8.69. The zero-order chi connectivity index (χ0) is 17.0. The first-order valence-corrected chi connectivity index (χ1v) is 9.23. The minimum absolute atomic E-state index is 0. The summed E-state index contributed by atoms with van der Waals surface area (Å²) in [5, 5.41) is 21.0. The molecule has 0 unspecified atom stereocenters. The summed E-state index contributed by atoms with van der Waals surface area (Å²) < 4.78 is 5.58. The fraction of sp³-hybridized carbons (Fsp3) is 0.789. The van der Waals surface area contributed by atoms with Gasteiger partial charge in [0.05, 0.1) is 23.5 Å². The number of allylic oxidation sites excluding steroid dienone is 2. The van der Waals surface area contributed by atoms with E-state index in [9.17, 15) is 19.8 Å². The normalized spacial score (nSPS) is 53.1. The number of carbonyl (C=O) groups excluding carboxylic acids is 2. The molecule has 4 fully saturated rings. The fourth-order valence-corrected chi connectivity index (χ4v) is 6.80. The average Bonchev–Trinajstić information content (AvgIpc) is 2.76. The molecule has 6 rings (SSSR count). The highest BCUT2D eigenvalue weighted by atomic mass is 16.6. The van der Waals surface area contributed by atoms with Crippen LogP contribution in [0.5, 0.6) is 0 Å². The van der Waals surface area contributed by atoms with Crippen molar-refractivity contribution < 1.29 is 30.0 Å². The molecule has 9 atom stereocenters. The molecule has 0 aromatic rings. The summed E-state index contributed by atoms with van der Waals surface area (Å²) in [6.45, 7) is 3.95. The smallest absolute Gasteiger partial charge is 0.313 e. The van der Waals surface area contributed by atoms with E-state index in [4.69, 9.17) is 4.74 Å². The molecule has 0 aromatic carbocycles. The van der Waals surface area contributed by atoms with Gasteiger partial charge in [-0.05, 0) is 43.1 Å². The van der Waals surface area contributed by atoms with Crippen LogP contribution in [0.4, 0.5) is 0 Å². The lowest BCUT2D eigenvalue weighted by molar-refractivity contribution is -0.243. The van der Waals surface area contributed by atoms with Crippen LogP contribution in [0.2, 0.25) is 0 Å². The second-order valence-electron chi connectivity index (χ2n) is 8.69. The molecular weight excluding hydrogens is 324 g/mol. The number of ketones is 1. The van der Waals surface area contributed by atoms with E-state index < -0.39 is 23.5 Å². The standard InChI is InChI=1S/C19H24O5.H2O/c1-7-5-10(20)6-9-3-4-19-8(2)15(21)17(24-18(19)23)13-14(19)12(9)11(7)16(13)22;/h7-10,13-15,17,20-21H,3-6H2,1-2H3;1H2/t7-,8+,9+,10+,13+,14+,15+,17+,19+;/m0./s1. The maximum absolute atomic E-state index is 13.3. The zero-order valence-corrected chi connectivity index (χ0v) is 14.6. The third kappa shape index (κ3) is 1.76. The van der Waals surface area contributed by atoms with E-state index in [1.807, 2.05) is 13.8 Å². The van der Waals surface area contributed by atoms with E-state index >= 15 is 0 Å². The Morgan fingerprint density at radius 3 is 2.60 bits per heavy atom. The van der Waals surface area contributed by atoms with Gasteiger partial charge in [0.2, 0.25) is 0 Å². The van der Waals surface area contributed by atoms with Crippen molar-refractivity contribution in [2.45, 2.75) is 57.8 Å². The first kappa shape index (κ1) is 17.2. The molecule has 0 aromatic heterocycles. The van der Waals surface area contributed by atoms with E-state index in [2.05, 4.69) is 0 Å². The number of hydrogen-bond donors (Lipinski definition) is 2. The van der Waals surface area contributed by atoms with Gasteiger partial charge < -0.3 is 20.4 Å². The van der Waals surface area contributed by atoms with Gasteiger partial charge in [-0.1, -0.05) is 19.4 Å². The van der Waals surface area contributed by atoms with Crippen molar-refractivity contribution in [2.75, 3.05) is 0 Å². The van der Waals surface area contributed by atoms with E-state index in [-0.39, 0.29) is 47.0 Å². The summed E-state index contributed by atoms with van der Waals surface area (Å²) in [6, 6.07) is 0. The fourth-order valence-electron chi connectivity index (χ4n) is 6.80. The third-order valence-corrected chi connectivity index (χ3v) is 7.79. The van der Waals surface area contributed by atoms with Crippen LogP contribution < -0.4 is 0 Å². The van der Waals surface area contributed by atoms with Gasteiger partial charge in [0.25, 0.3) is 0 Å². The summed E-state index contributed by atoms with van der Waals surface area (Å²) >= 11 is 0. The molecule has 138 valence electrons. The van der Waals surface area contributed by atoms with Crippen molar-refractivity contribution in [3.05, 3.63) is 11.1 Å². The van der Waals surface area contributed by atoms with E-state index in [0.717, 1.165) is 17.6 Å². The Kier molecular flexibility index (Phi) is 3.54. The Hall–Kier alpha value is -1.24. The van der Waals surface area contributed by atoms with Crippen molar-refractivity contribution in [1.82, 2.24) is 0 Å². The van der Waals surface area contributed by atoms with Crippen molar-refractivity contribution >= 4 is 11.8 Å². The number of carbonyl (C=O) groups is 2. The van der Waals surface area contributed by atoms with Crippen LogP contribution >= 0.6 is 0 Å². The van der Waals surface area contributed by atoms with Crippen LogP contribution in [-0.4, -0.2) is 45.8 Å². The molecule has 6 aliphatic rings. The average molecular weight is 350 g/mol. The number of hydrogen-bond acceptors (Lipinski definition) is 5. The van der Waals surface area contributed by atoms with Gasteiger partial charge in [-0.3, -0.25) is 9.59 Å².